The number of amides is 2. The minimum atomic E-state index is -0.508. The lowest BCUT2D eigenvalue weighted by atomic mass is 10.2. The third-order valence-electron chi connectivity index (χ3n) is 4.09. The number of nitrogens with one attached hydrogen (secondary N) is 2. The van der Waals surface area contributed by atoms with Crippen molar-refractivity contribution in [1.82, 2.24) is 25.0 Å². The molecule has 3 aromatic rings. The highest BCUT2D eigenvalue weighted by molar-refractivity contribution is 7.99. The van der Waals surface area contributed by atoms with Crippen LogP contribution in [0.4, 0.5) is 15.2 Å². The lowest BCUT2D eigenvalue weighted by Gasteiger charge is -2.08. The van der Waals surface area contributed by atoms with Gasteiger partial charge in [0.25, 0.3) is 0 Å². The van der Waals surface area contributed by atoms with Crippen LogP contribution < -0.4 is 10.6 Å². The Morgan fingerprint density at radius 2 is 1.90 bits per heavy atom. The molecule has 31 heavy (non-hydrogen) atoms. The molecule has 0 bridgehead atoms. The van der Waals surface area contributed by atoms with Crippen LogP contribution in [0, 0.1) is 5.82 Å². The molecule has 1 aromatic carbocycles. The zero-order valence-corrected chi connectivity index (χ0v) is 18.9. The molecule has 0 unspecified atom stereocenters. The van der Waals surface area contributed by atoms with Gasteiger partial charge >= 0.3 is 0 Å². The van der Waals surface area contributed by atoms with Crippen LogP contribution in [0.15, 0.2) is 29.4 Å². The molecule has 164 valence electrons. The Hall–Kier alpha value is -2.86. The van der Waals surface area contributed by atoms with E-state index in [0.29, 0.717) is 22.7 Å². The fraction of sp³-hybridized carbons (Fsp3) is 0.368. The van der Waals surface area contributed by atoms with Crippen molar-refractivity contribution in [3.63, 3.8) is 0 Å². The SMILES string of the molecule is CCn1c(CC(=O)Nc2ccccc2F)nnc1SCC(=O)Nc1nnc(C(C)C)s1. The lowest BCUT2D eigenvalue weighted by molar-refractivity contribution is -0.116. The summed E-state index contributed by atoms with van der Waals surface area (Å²) in [5, 5.41) is 23.2. The van der Waals surface area contributed by atoms with Gasteiger partial charge in [0, 0.05) is 12.5 Å². The molecule has 0 radical (unpaired) electrons. The van der Waals surface area contributed by atoms with Gasteiger partial charge in [0.15, 0.2) is 5.16 Å². The summed E-state index contributed by atoms with van der Waals surface area (Å²) in [5.74, 6) is -0.360. The molecule has 0 saturated heterocycles. The first kappa shape index (κ1) is 22.8. The molecule has 12 heteroatoms. The molecule has 2 amide bonds. The molecule has 0 atom stereocenters. The van der Waals surface area contributed by atoms with E-state index in [-0.39, 0.29) is 29.7 Å². The summed E-state index contributed by atoms with van der Waals surface area (Å²) >= 11 is 2.55. The summed E-state index contributed by atoms with van der Waals surface area (Å²) < 4.78 is 15.5. The van der Waals surface area contributed by atoms with E-state index in [9.17, 15) is 14.0 Å². The normalized spacial score (nSPS) is 11.0. The number of hydrogen-bond acceptors (Lipinski definition) is 8. The Morgan fingerprint density at radius 3 is 2.58 bits per heavy atom. The Bertz CT molecular complexity index is 1070. The maximum absolute atomic E-state index is 13.7. The van der Waals surface area contributed by atoms with Crippen molar-refractivity contribution >= 4 is 45.7 Å². The monoisotopic (exact) mass is 463 g/mol. The standard InChI is InChI=1S/C19H22FN7O2S2/c1-4-27-14(9-15(28)21-13-8-6-5-7-12(13)20)23-26-19(27)30-10-16(29)22-18-25-24-17(31-18)11(2)3/h5-8,11H,4,9-10H2,1-3H3,(H,21,28)(H,22,25,29). The summed E-state index contributed by atoms with van der Waals surface area (Å²) in [6, 6.07) is 5.94. The summed E-state index contributed by atoms with van der Waals surface area (Å²) in [6.45, 7) is 6.43. The van der Waals surface area contributed by atoms with Gasteiger partial charge < -0.3 is 9.88 Å². The van der Waals surface area contributed by atoms with Gasteiger partial charge in [-0.05, 0) is 19.1 Å². The first-order valence-electron chi connectivity index (χ1n) is 9.59. The second kappa shape index (κ2) is 10.4. The Morgan fingerprint density at radius 1 is 1.13 bits per heavy atom. The van der Waals surface area contributed by atoms with E-state index < -0.39 is 11.7 Å². The van der Waals surface area contributed by atoms with Crippen molar-refractivity contribution in [2.75, 3.05) is 16.4 Å². The van der Waals surface area contributed by atoms with Crippen LogP contribution >= 0.6 is 23.1 Å². The fourth-order valence-corrected chi connectivity index (χ4v) is 4.16. The number of anilines is 2. The van der Waals surface area contributed by atoms with Gasteiger partial charge in [0.1, 0.15) is 16.6 Å². The quantitative estimate of drug-likeness (QED) is 0.468. The highest BCUT2D eigenvalue weighted by atomic mass is 32.2. The molecule has 9 nitrogen and oxygen atoms in total. The maximum atomic E-state index is 13.7. The smallest absolute Gasteiger partial charge is 0.236 e. The maximum Gasteiger partial charge on any atom is 0.236 e. The molecule has 2 N–H and O–H groups in total. The van der Waals surface area contributed by atoms with E-state index in [2.05, 4.69) is 31.0 Å². The van der Waals surface area contributed by atoms with Crippen LogP contribution in [0.3, 0.4) is 0 Å². The Balaban J connectivity index is 1.57. The average molecular weight is 464 g/mol. The van der Waals surface area contributed by atoms with E-state index >= 15 is 0 Å². The zero-order valence-electron chi connectivity index (χ0n) is 17.3. The fourth-order valence-electron chi connectivity index (χ4n) is 2.58. The minimum absolute atomic E-state index is 0.0648. The number of halogens is 1. The van der Waals surface area contributed by atoms with Crippen LogP contribution in [-0.2, 0) is 22.6 Å². The number of carbonyl (C=O) groups excluding carboxylic acids is 2. The van der Waals surface area contributed by atoms with Crippen molar-refractivity contribution in [3.05, 3.63) is 40.9 Å². The molecule has 0 saturated carbocycles. The summed E-state index contributed by atoms with van der Waals surface area (Å²) in [5.41, 5.74) is 0.110. The zero-order chi connectivity index (χ0) is 22.4. The molecule has 0 fully saturated rings. The van der Waals surface area contributed by atoms with Gasteiger partial charge in [-0.2, -0.15) is 0 Å². The van der Waals surface area contributed by atoms with E-state index in [0.717, 1.165) is 5.01 Å². The van der Waals surface area contributed by atoms with Crippen molar-refractivity contribution < 1.29 is 14.0 Å². The predicted octanol–water partition coefficient (Wildman–Crippen LogP) is 3.32. The number of thioether (sulfide) groups is 1. The third kappa shape index (κ3) is 6.07. The molecule has 0 aliphatic heterocycles. The first-order chi connectivity index (χ1) is 14.9. The molecular weight excluding hydrogens is 441 g/mol. The second-order valence-electron chi connectivity index (χ2n) is 6.78. The van der Waals surface area contributed by atoms with E-state index in [1.807, 2.05) is 20.8 Å². The molecule has 0 aliphatic carbocycles. The Labute approximate surface area is 186 Å². The number of carbonyl (C=O) groups is 2. The highest BCUT2D eigenvalue weighted by Crippen LogP contribution is 2.23. The van der Waals surface area contributed by atoms with E-state index in [4.69, 9.17) is 0 Å². The van der Waals surface area contributed by atoms with Crippen molar-refractivity contribution in [1.29, 1.82) is 0 Å². The van der Waals surface area contributed by atoms with Crippen molar-refractivity contribution in [3.8, 4) is 0 Å². The number of benzene rings is 1. The molecule has 0 spiro atoms. The minimum Gasteiger partial charge on any atom is -0.323 e. The topological polar surface area (TPSA) is 115 Å². The summed E-state index contributed by atoms with van der Waals surface area (Å²) in [4.78, 5) is 24.5. The van der Waals surface area contributed by atoms with Crippen molar-refractivity contribution in [2.24, 2.45) is 0 Å². The Kier molecular flexibility index (Phi) is 7.69. The molecule has 2 aromatic heterocycles. The van der Waals surface area contributed by atoms with Crippen LogP contribution in [0.25, 0.3) is 0 Å². The molecule has 2 heterocycles. The van der Waals surface area contributed by atoms with Gasteiger partial charge in [-0.15, -0.1) is 20.4 Å². The highest BCUT2D eigenvalue weighted by Gasteiger charge is 2.17. The van der Waals surface area contributed by atoms with Gasteiger partial charge in [0.05, 0.1) is 17.9 Å². The lowest BCUT2D eigenvalue weighted by Crippen LogP contribution is -2.18. The second-order valence-corrected chi connectivity index (χ2v) is 8.74. The van der Waals surface area contributed by atoms with Crippen LogP contribution in [0.5, 0.6) is 0 Å². The van der Waals surface area contributed by atoms with Crippen molar-refractivity contribution in [2.45, 2.75) is 44.8 Å². The molecular formula is C19H22FN7O2S2. The number of para-hydroxylation sites is 1. The summed E-state index contributed by atoms with van der Waals surface area (Å²) in [7, 11) is 0. The van der Waals surface area contributed by atoms with Crippen LogP contribution in [0.1, 0.15) is 37.5 Å². The van der Waals surface area contributed by atoms with E-state index in [1.54, 1.807) is 16.7 Å². The van der Waals surface area contributed by atoms with Crippen LogP contribution in [-0.4, -0.2) is 42.5 Å². The van der Waals surface area contributed by atoms with Crippen LogP contribution in [0.2, 0.25) is 0 Å². The first-order valence-corrected chi connectivity index (χ1v) is 11.4. The number of hydrogen-bond donors (Lipinski definition) is 2. The molecule has 0 aliphatic rings. The number of aromatic nitrogens is 5. The molecule has 3 rings (SSSR count). The van der Waals surface area contributed by atoms with Gasteiger partial charge in [0.2, 0.25) is 16.9 Å². The number of nitrogens with zero attached hydrogens (tertiary/aromatic N) is 5. The average Bonchev–Trinajstić information content (AvgIpc) is 3.35. The summed E-state index contributed by atoms with van der Waals surface area (Å²) in [6.07, 6.45) is -0.0648. The van der Waals surface area contributed by atoms with Gasteiger partial charge in [-0.25, -0.2) is 4.39 Å². The van der Waals surface area contributed by atoms with Gasteiger partial charge in [-0.1, -0.05) is 49.1 Å². The third-order valence-corrected chi connectivity index (χ3v) is 6.20. The van der Waals surface area contributed by atoms with Gasteiger partial charge in [-0.3, -0.25) is 14.9 Å². The predicted molar refractivity (Wildman–Crippen MR) is 118 cm³/mol. The van der Waals surface area contributed by atoms with E-state index in [1.165, 1.54) is 35.2 Å². The number of rotatable bonds is 9. The largest absolute Gasteiger partial charge is 0.323 e.